The first kappa shape index (κ1) is 13.2. The molecule has 114 valence electrons. The van der Waals surface area contributed by atoms with Gasteiger partial charge >= 0.3 is 0 Å². The van der Waals surface area contributed by atoms with Gasteiger partial charge < -0.3 is 14.2 Å². The van der Waals surface area contributed by atoms with Crippen molar-refractivity contribution in [2.24, 2.45) is 0 Å². The summed E-state index contributed by atoms with van der Waals surface area (Å²) in [7, 11) is 0. The van der Waals surface area contributed by atoms with Crippen LogP contribution in [-0.2, 0) is 9.53 Å². The topological polar surface area (TPSA) is 68.5 Å². The number of aromatic nitrogens is 2. The molecule has 1 aliphatic carbocycles. The van der Waals surface area contributed by atoms with E-state index in [9.17, 15) is 4.79 Å². The van der Waals surface area contributed by atoms with Gasteiger partial charge in [0, 0.05) is 19.1 Å². The van der Waals surface area contributed by atoms with Crippen LogP contribution in [0.5, 0.6) is 0 Å². The summed E-state index contributed by atoms with van der Waals surface area (Å²) in [6.07, 6.45) is 6.89. The molecule has 0 radical (unpaired) electrons. The van der Waals surface area contributed by atoms with Gasteiger partial charge in [0.1, 0.15) is 0 Å². The normalized spacial score (nSPS) is 29.2. The van der Waals surface area contributed by atoms with Crippen molar-refractivity contribution in [3.63, 3.8) is 0 Å². The summed E-state index contributed by atoms with van der Waals surface area (Å²) in [6.45, 7) is 1.58. The number of ether oxygens (including phenoxy) is 1. The predicted octanol–water partition coefficient (Wildman–Crippen LogP) is 2.18. The zero-order valence-electron chi connectivity index (χ0n) is 12.2. The SMILES string of the molecule is O=C(C[C@@H]1CCCO1)N1CCC[C@H]1c1noc(C2CC2)n1. The van der Waals surface area contributed by atoms with E-state index in [1.165, 1.54) is 0 Å². The molecule has 0 spiro atoms. The van der Waals surface area contributed by atoms with Crippen molar-refractivity contribution in [3.05, 3.63) is 11.7 Å². The van der Waals surface area contributed by atoms with Gasteiger partial charge in [-0.3, -0.25) is 4.79 Å². The molecule has 2 atom stereocenters. The molecule has 0 bridgehead atoms. The molecule has 3 aliphatic rings. The number of amides is 1. The molecule has 4 rings (SSSR count). The number of carbonyl (C=O) groups is 1. The Balaban J connectivity index is 1.44. The molecule has 2 saturated heterocycles. The quantitative estimate of drug-likeness (QED) is 0.850. The van der Waals surface area contributed by atoms with E-state index in [4.69, 9.17) is 9.26 Å². The van der Waals surface area contributed by atoms with Gasteiger partial charge in [0.05, 0.1) is 18.6 Å². The third-order valence-electron chi connectivity index (χ3n) is 4.68. The zero-order chi connectivity index (χ0) is 14.2. The molecule has 1 amide bonds. The molecule has 1 aromatic rings. The van der Waals surface area contributed by atoms with Crippen molar-refractivity contribution in [2.45, 2.75) is 63.0 Å². The van der Waals surface area contributed by atoms with Gasteiger partial charge in [-0.25, -0.2) is 0 Å². The molecule has 1 saturated carbocycles. The second-order valence-electron chi connectivity index (χ2n) is 6.35. The van der Waals surface area contributed by atoms with E-state index >= 15 is 0 Å². The third kappa shape index (κ3) is 2.69. The van der Waals surface area contributed by atoms with Crippen LogP contribution in [0.2, 0.25) is 0 Å². The van der Waals surface area contributed by atoms with Crippen LogP contribution in [0.25, 0.3) is 0 Å². The van der Waals surface area contributed by atoms with Gasteiger partial charge in [0.25, 0.3) is 0 Å². The third-order valence-corrected chi connectivity index (χ3v) is 4.68. The van der Waals surface area contributed by atoms with Crippen molar-refractivity contribution in [3.8, 4) is 0 Å². The summed E-state index contributed by atoms with van der Waals surface area (Å²) in [5.41, 5.74) is 0. The van der Waals surface area contributed by atoms with Crippen molar-refractivity contribution in [1.82, 2.24) is 15.0 Å². The summed E-state index contributed by atoms with van der Waals surface area (Å²) in [6, 6.07) is -0.00449. The maximum atomic E-state index is 12.5. The summed E-state index contributed by atoms with van der Waals surface area (Å²) >= 11 is 0. The lowest BCUT2D eigenvalue weighted by Crippen LogP contribution is -2.33. The number of hydrogen-bond donors (Lipinski definition) is 0. The number of rotatable bonds is 4. The van der Waals surface area contributed by atoms with Gasteiger partial charge in [0.2, 0.25) is 11.8 Å². The molecule has 6 heteroatoms. The fourth-order valence-corrected chi connectivity index (χ4v) is 3.33. The first-order valence-electron chi connectivity index (χ1n) is 8.06. The maximum Gasteiger partial charge on any atom is 0.229 e. The Morgan fingerprint density at radius 1 is 1.24 bits per heavy atom. The van der Waals surface area contributed by atoms with E-state index in [2.05, 4.69) is 10.1 Å². The van der Waals surface area contributed by atoms with E-state index in [1.54, 1.807) is 0 Å². The Bertz CT molecular complexity index is 520. The predicted molar refractivity (Wildman–Crippen MR) is 73.6 cm³/mol. The van der Waals surface area contributed by atoms with E-state index in [0.717, 1.165) is 57.6 Å². The first-order valence-corrected chi connectivity index (χ1v) is 8.06. The Kier molecular flexibility index (Phi) is 3.41. The summed E-state index contributed by atoms with van der Waals surface area (Å²) < 4.78 is 10.9. The molecule has 0 aromatic carbocycles. The Morgan fingerprint density at radius 3 is 2.90 bits per heavy atom. The van der Waals surface area contributed by atoms with Gasteiger partial charge in [-0.1, -0.05) is 5.16 Å². The number of likely N-dealkylation sites (tertiary alicyclic amines) is 1. The second-order valence-corrected chi connectivity index (χ2v) is 6.35. The van der Waals surface area contributed by atoms with Crippen molar-refractivity contribution < 1.29 is 14.1 Å². The Labute approximate surface area is 123 Å². The van der Waals surface area contributed by atoms with Crippen LogP contribution in [0.4, 0.5) is 0 Å². The van der Waals surface area contributed by atoms with Gasteiger partial charge in [0.15, 0.2) is 5.82 Å². The number of nitrogens with zero attached hydrogens (tertiary/aromatic N) is 3. The van der Waals surface area contributed by atoms with Crippen LogP contribution in [0.15, 0.2) is 4.52 Å². The standard InChI is InChI=1S/C15H21N3O3/c19-13(9-11-3-2-8-20-11)18-7-1-4-12(18)14-16-15(21-17-14)10-5-6-10/h10-12H,1-9H2/t11-,12-/m0/s1. The molecule has 3 heterocycles. The highest BCUT2D eigenvalue weighted by molar-refractivity contribution is 5.77. The molecule has 0 N–H and O–H groups in total. The fraction of sp³-hybridized carbons (Fsp3) is 0.800. The minimum Gasteiger partial charge on any atom is -0.378 e. The Hall–Kier alpha value is -1.43. The lowest BCUT2D eigenvalue weighted by molar-refractivity contribution is -0.134. The minimum atomic E-state index is -0.00449. The zero-order valence-corrected chi connectivity index (χ0v) is 12.2. The molecule has 2 aliphatic heterocycles. The van der Waals surface area contributed by atoms with Crippen LogP contribution in [0, 0.1) is 0 Å². The van der Waals surface area contributed by atoms with Crippen molar-refractivity contribution in [2.75, 3.05) is 13.2 Å². The lowest BCUT2D eigenvalue weighted by Gasteiger charge is -2.23. The fourth-order valence-electron chi connectivity index (χ4n) is 3.33. The van der Waals surface area contributed by atoms with E-state index < -0.39 is 0 Å². The molecule has 0 unspecified atom stereocenters. The summed E-state index contributed by atoms with van der Waals surface area (Å²) in [5, 5.41) is 4.11. The van der Waals surface area contributed by atoms with E-state index in [-0.39, 0.29) is 18.1 Å². The van der Waals surface area contributed by atoms with Gasteiger partial charge in [-0.15, -0.1) is 0 Å². The van der Waals surface area contributed by atoms with Crippen LogP contribution in [-0.4, -0.2) is 40.2 Å². The smallest absolute Gasteiger partial charge is 0.229 e. The molecular weight excluding hydrogens is 270 g/mol. The van der Waals surface area contributed by atoms with E-state index in [1.807, 2.05) is 4.90 Å². The van der Waals surface area contributed by atoms with Gasteiger partial charge in [-0.05, 0) is 38.5 Å². The van der Waals surface area contributed by atoms with Crippen LogP contribution < -0.4 is 0 Å². The van der Waals surface area contributed by atoms with Gasteiger partial charge in [-0.2, -0.15) is 4.98 Å². The highest BCUT2D eigenvalue weighted by atomic mass is 16.5. The highest BCUT2D eigenvalue weighted by Crippen LogP contribution is 2.40. The molecule has 3 fully saturated rings. The van der Waals surface area contributed by atoms with Crippen molar-refractivity contribution >= 4 is 5.91 Å². The Morgan fingerprint density at radius 2 is 2.14 bits per heavy atom. The summed E-state index contributed by atoms with van der Waals surface area (Å²) in [4.78, 5) is 18.9. The average Bonchev–Trinajstić information content (AvgIpc) is 2.94. The van der Waals surface area contributed by atoms with Crippen molar-refractivity contribution in [1.29, 1.82) is 0 Å². The largest absolute Gasteiger partial charge is 0.378 e. The average molecular weight is 291 g/mol. The monoisotopic (exact) mass is 291 g/mol. The lowest BCUT2D eigenvalue weighted by atomic mass is 10.1. The summed E-state index contributed by atoms with van der Waals surface area (Å²) in [5.74, 6) is 2.07. The molecule has 6 nitrogen and oxygen atoms in total. The maximum absolute atomic E-state index is 12.5. The molecule has 1 aromatic heterocycles. The molecular formula is C15H21N3O3. The van der Waals surface area contributed by atoms with Crippen LogP contribution >= 0.6 is 0 Å². The number of hydrogen-bond acceptors (Lipinski definition) is 5. The van der Waals surface area contributed by atoms with E-state index in [0.29, 0.717) is 18.2 Å². The van der Waals surface area contributed by atoms with Crippen LogP contribution in [0.1, 0.15) is 68.6 Å². The highest BCUT2D eigenvalue weighted by Gasteiger charge is 2.36. The first-order chi connectivity index (χ1) is 10.3. The second kappa shape index (κ2) is 5.40. The molecule has 21 heavy (non-hydrogen) atoms. The number of carbonyl (C=O) groups excluding carboxylic acids is 1. The van der Waals surface area contributed by atoms with Crippen LogP contribution in [0.3, 0.4) is 0 Å². The minimum absolute atomic E-state index is 0.00449.